The largest absolute Gasteiger partial charge is 0.497 e. The highest BCUT2D eigenvalue weighted by atomic mass is 16.5. The van der Waals surface area contributed by atoms with Gasteiger partial charge in [0.15, 0.2) is 0 Å². The van der Waals surface area contributed by atoms with Crippen molar-refractivity contribution in [2.45, 2.75) is 19.0 Å². The molecule has 1 aliphatic rings. The number of hydrogen-bond donors (Lipinski definition) is 1. The lowest BCUT2D eigenvalue weighted by Crippen LogP contribution is -2.48. The van der Waals surface area contributed by atoms with Crippen molar-refractivity contribution in [3.8, 4) is 5.75 Å². The molecule has 1 aliphatic heterocycles. The topological polar surface area (TPSA) is 66.8 Å². The lowest BCUT2D eigenvalue weighted by Gasteiger charge is -2.34. The van der Waals surface area contributed by atoms with E-state index in [0.717, 1.165) is 11.1 Å². The van der Waals surface area contributed by atoms with Crippen LogP contribution in [0, 0.1) is 0 Å². The molecule has 0 spiro atoms. The van der Waals surface area contributed by atoms with Crippen LogP contribution in [0.5, 0.6) is 5.75 Å². The van der Waals surface area contributed by atoms with E-state index in [0.29, 0.717) is 24.3 Å². The number of carboxylic acids is 1. The van der Waals surface area contributed by atoms with E-state index in [1.165, 1.54) is 12.0 Å². The minimum absolute atomic E-state index is 0.295. The number of aliphatic carboxylic acids is 1. The summed E-state index contributed by atoms with van der Waals surface area (Å²) >= 11 is 0. The molecule has 1 atom stereocenters. The fraction of sp³-hybridized carbons (Fsp3) is 0.222. The van der Waals surface area contributed by atoms with Gasteiger partial charge in [0.05, 0.1) is 7.11 Å². The number of carboxylic acid groups (broad SMARTS) is 1. The number of nitrogens with zero attached hydrogens (tertiary/aromatic N) is 1. The highest BCUT2D eigenvalue weighted by Gasteiger charge is 2.34. The van der Waals surface area contributed by atoms with Crippen molar-refractivity contribution in [2.24, 2.45) is 0 Å². The highest BCUT2D eigenvalue weighted by Crippen LogP contribution is 2.26. The maximum atomic E-state index is 12.8. The minimum Gasteiger partial charge on any atom is -0.497 e. The quantitative estimate of drug-likeness (QED) is 0.945. The van der Waals surface area contributed by atoms with Gasteiger partial charge in [-0.05, 0) is 29.3 Å². The van der Waals surface area contributed by atoms with Gasteiger partial charge in [0.1, 0.15) is 11.8 Å². The molecule has 0 saturated carbocycles. The smallest absolute Gasteiger partial charge is 0.326 e. The predicted octanol–water partition coefficient (Wildman–Crippen LogP) is 2.35. The normalized spacial score (nSPS) is 16.6. The minimum atomic E-state index is -0.990. The molecule has 5 heteroatoms. The van der Waals surface area contributed by atoms with Gasteiger partial charge in [0, 0.05) is 18.5 Å². The van der Waals surface area contributed by atoms with Gasteiger partial charge in [-0.15, -0.1) is 0 Å². The van der Waals surface area contributed by atoms with Gasteiger partial charge in [-0.1, -0.05) is 30.3 Å². The molecule has 2 aromatic carbocycles. The Labute approximate surface area is 134 Å². The van der Waals surface area contributed by atoms with E-state index in [9.17, 15) is 14.7 Å². The van der Waals surface area contributed by atoms with Crippen LogP contribution >= 0.6 is 0 Å². The molecule has 2 aromatic rings. The Morgan fingerprint density at radius 2 is 1.87 bits per heavy atom. The summed E-state index contributed by atoms with van der Waals surface area (Å²) in [6, 6.07) is 13.5. The molecule has 0 fully saturated rings. The number of rotatable bonds is 3. The van der Waals surface area contributed by atoms with Crippen molar-refractivity contribution in [1.82, 2.24) is 4.90 Å². The van der Waals surface area contributed by atoms with Crippen molar-refractivity contribution < 1.29 is 19.4 Å². The number of carbonyl (C=O) groups is 2. The Bertz CT molecular complexity index is 756. The zero-order chi connectivity index (χ0) is 16.4. The molecule has 0 unspecified atom stereocenters. The van der Waals surface area contributed by atoms with Gasteiger partial charge in [-0.2, -0.15) is 0 Å². The van der Waals surface area contributed by atoms with Gasteiger partial charge in [0.2, 0.25) is 0 Å². The third kappa shape index (κ3) is 2.90. The van der Waals surface area contributed by atoms with E-state index in [-0.39, 0.29) is 5.91 Å². The molecule has 1 N–H and O–H groups in total. The first-order valence-corrected chi connectivity index (χ1v) is 7.35. The Hall–Kier alpha value is -2.82. The van der Waals surface area contributed by atoms with Crippen LogP contribution in [-0.2, 0) is 17.8 Å². The fourth-order valence-electron chi connectivity index (χ4n) is 2.88. The number of ether oxygens (including phenoxy) is 1. The number of hydrogen-bond acceptors (Lipinski definition) is 3. The van der Waals surface area contributed by atoms with Gasteiger partial charge >= 0.3 is 5.97 Å². The monoisotopic (exact) mass is 311 g/mol. The highest BCUT2D eigenvalue weighted by molar-refractivity contribution is 5.97. The van der Waals surface area contributed by atoms with Crippen molar-refractivity contribution in [3.05, 3.63) is 65.2 Å². The van der Waals surface area contributed by atoms with E-state index >= 15 is 0 Å². The molecule has 23 heavy (non-hydrogen) atoms. The van der Waals surface area contributed by atoms with Crippen molar-refractivity contribution in [2.75, 3.05) is 7.11 Å². The summed E-state index contributed by atoms with van der Waals surface area (Å²) in [7, 11) is 1.53. The maximum absolute atomic E-state index is 12.8. The fourth-order valence-corrected chi connectivity index (χ4v) is 2.88. The predicted molar refractivity (Wildman–Crippen MR) is 84.4 cm³/mol. The van der Waals surface area contributed by atoms with Crippen molar-refractivity contribution in [1.29, 1.82) is 0 Å². The molecular formula is C18H17NO4. The Balaban J connectivity index is 1.95. The Morgan fingerprint density at radius 3 is 2.57 bits per heavy atom. The van der Waals surface area contributed by atoms with Crippen LogP contribution in [0.1, 0.15) is 21.5 Å². The lowest BCUT2D eigenvalue weighted by molar-refractivity contribution is -0.142. The van der Waals surface area contributed by atoms with Crippen molar-refractivity contribution in [3.63, 3.8) is 0 Å². The first kappa shape index (κ1) is 15.1. The number of amides is 1. The first-order chi connectivity index (χ1) is 11.1. The van der Waals surface area contributed by atoms with Crippen molar-refractivity contribution >= 4 is 11.9 Å². The van der Waals surface area contributed by atoms with Crippen LogP contribution in [0.2, 0.25) is 0 Å². The average Bonchev–Trinajstić information content (AvgIpc) is 2.59. The summed E-state index contributed by atoms with van der Waals surface area (Å²) in [5.41, 5.74) is 2.39. The number of benzene rings is 2. The summed E-state index contributed by atoms with van der Waals surface area (Å²) in [5, 5.41) is 9.51. The molecule has 0 aliphatic carbocycles. The van der Waals surface area contributed by atoms with Crippen LogP contribution in [0.15, 0.2) is 48.5 Å². The summed E-state index contributed by atoms with van der Waals surface area (Å²) in [6.45, 7) is 0.295. The number of fused-ring (bicyclic) bond motifs is 1. The number of carbonyl (C=O) groups excluding carboxylic acids is 1. The SMILES string of the molecule is COc1cccc(C(=O)N2Cc3ccccc3C[C@@H]2C(=O)O)c1. The third-order valence-electron chi connectivity index (χ3n) is 4.11. The molecule has 0 aromatic heterocycles. The van der Waals surface area contributed by atoms with E-state index in [1.54, 1.807) is 24.3 Å². The Kier molecular flexibility index (Phi) is 4.02. The second-order valence-electron chi connectivity index (χ2n) is 5.49. The number of methoxy groups -OCH3 is 1. The summed E-state index contributed by atoms with van der Waals surface area (Å²) in [5.74, 6) is -0.721. The Morgan fingerprint density at radius 1 is 1.13 bits per heavy atom. The average molecular weight is 311 g/mol. The molecule has 1 amide bonds. The maximum Gasteiger partial charge on any atom is 0.326 e. The van der Waals surface area contributed by atoms with E-state index < -0.39 is 12.0 Å². The van der Waals surface area contributed by atoms with E-state index in [2.05, 4.69) is 0 Å². The van der Waals surface area contributed by atoms with Gasteiger partial charge in [-0.25, -0.2) is 4.79 Å². The summed E-state index contributed by atoms with van der Waals surface area (Å²) < 4.78 is 5.14. The molecule has 3 rings (SSSR count). The zero-order valence-corrected chi connectivity index (χ0v) is 12.7. The molecule has 0 radical (unpaired) electrons. The summed E-state index contributed by atoms with van der Waals surface area (Å²) in [4.78, 5) is 25.8. The molecule has 118 valence electrons. The second-order valence-corrected chi connectivity index (χ2v) is 5.49. The van der Waals surface area contributed by atoms with E-state index in [4.69, 9.17) is 4.74 Å². The van der Waals surface area contributed by atoms with Gasteiger partial charge in [0.25, 0.3) is 5.91 Å². The van der Waals surface area contributed by atoms with Crippen LogP contribution in [-0.4, -0.2) is 35.0 Å². The van der Waals surface area contributed by atoms with Crippen LogP contribution < -0.4 is 4.74 Å². The van der Waals surface area contributed by atoms with Crippen LogP contribution in [0.4, 0.5) is 0 Å². The molecule has 0 bridgehead atoms. The molecular weight excluding hydrogens is 294 g/mol. The third-order valence-corrected chi connectivity index (χ3v) is 4.11. The van der Waals surface area contributed by atoms with Crippen LogP contribution in [0.3, 0.4) is 0 Å². The second kappa shape index (κ2) is 6.12. The molecule has 5 nitrogen and oxygen atoms in total. The zero-order valence-electron chi connectivity index (χ0n) is 12.7. The van der Waals surface area contributed by atoms with Crippen LogP contribution in [0.25, 0.3) is 0 Å². The molecule has 1 heterocycles. The van der Waals surface area contributed by atoms with E-state index in [1.807, 2.05) is 24.3 Å². The van der Waals surface area contributed by atoms with Gasteiger partial charge in [-0.3, -0.25) is 4.79 Å². The molecule has 0 saturated heterocycles. The first-order valence-electron chi connectivity index (χ1n) is 7.35. The van der Waals surface area contributed by atoms with Gasteiger partial charge < -0.3 is 14.7 Å². The lowest BCUT2D eigenvalue weighted by atomic mass is 9.93. The standard InChI is InChI=1S/C18H17NO4/c1-23-15-8-4-7-13(9-15)17(20)19-11-14-6-3-2-5-12(14)10-16(19)18(21)22/h2-9,16H,10-11H2,1H3,(H,21,22)/t16-/m1/s1. The summed E-state index contributed by atoms with van der Waals surface area (Å²) in [6.07, 6.45) is 0.321.